The van der Waals surface area contributed by atoms with E-state index in [0.717, 1.165) is 5.56 Å². The smallest absolute Gasteiger partial charge is 0.255 e. The lowest BCUT2D eigenvalue weighted by atomic mass is 10.1. The molecule has 0 spiro atoms. The van der Waals surface area contributed by atoms with Gasteiger partial charge in [-0.1, -0.05) is 0 Å². The Kier molecular flexibility index (Phi) is 6.06. The van der Waals surface area contributed by atoms with Crippen LogP contribution >= 0.6 is 0 Å². The van der Waals surface area contributed by atoms with Crippen molar-refractivity contribution in [3.05, 3.63) is 41.5 Å². The predicted molar refractivity (Wildman–Crippen MR) is 99.5 cm³/mol. The molecule has 2 aromatic rings. The number of anilines is 2. The SMILES string of the molecule is COc1cc(NC(=O)c2cc(C)cc(NC(C)=O)c2)cc(OC)c1OC. The summed E-state index contributed by atoms with van der Waals surface area (Å²) >= 11 is 0. The highest BCUT2D eigenvalue weighted by molar-refractivity contribution is 6.05. The number of aryl methyl sites for hydroxylation is 1. The summed E-state index contributed by atoms with van der Waals surface area (Å²) in [6, 6.07) is 8.42. The highest BCUT2D eigenvalue weighted by Gasteiger charge is 2.15. The molecule has 0 heterocycles. The zero-order chi connectivity index (χ0) is 19.3. The topological polar surface area (TPSA) is 85.9 Å². The maximum Gasteiger partial charge on any atom is 0.255 e. The number of hydrogen-bond acceptors (Lipinski definition) is 5. The first-order valence-electron chi connectivity index (χ1n) is 7.88. The van der Waals surface area contributed by atoms with Crippen molar-refractivity contribution in [3.63, 3.8) is 0 Å². The number of carbonyl (C=O) groups excluding carboxylic acids is 2. The van der Waals surface area contributed by atoms with Gasteiger partial charge in [0.2, 0.25) is 11.7 Å². The first kappa shape index (κ1) is 19.1. The third-order valence-electron chi connectivity index (χ3n) is 3.58. The van der Waals surface area contributed by atoms with Crippen molar-refractivity contribution in [1.29, 1.82) is 0 Å². The van der Waals surface area contributed by atoms with Gasteiger partial charge in [-0.05, 0) is 30.7 Å². The number of amides is 2. The predicted octanol–water partition coefficient (Wildman–Crippen LogP) is 3.23. The van der Waals surface area contributed by atoms with Crippen LogP contribution in [0.15, 0.2) is 30.3 Å². The minimum atomic E-state index is -0.324. The van der Waals surface area contributed by atoms with Crippen LogP contribution in [0.2, 0.25) is 0 Å². The van der Waals surface area contributed by atoms with Gasteiger partial charge in [-0.3, -0.25) is 9.59 Å². The molecule has 0 aliphatic heterocycles. The van der Waals surface area contributed by atoms with Crippen molar-refractivity contribution >= 4 is 23.2 Å². The van der Waals surface area contributed by atoms with Gasteiger partial charge in [0.05, 0.1) is 21.3 Å². The summed E-state index contributed by atoms with van der Waals surface area (Å²) in [6.45, 7) is 3.26. The van der Waals surface area contributed by atoms with Gasteiger partial charge in [-0.25, -0.2) is 0 Å². The molecule has 138 valence electrons. The lowest BCUT2D eigenvalue weighted by Gasteiger charge is -2.15. The van der Waals surface area contributed by atoms with Crippen molar-refractivity contribution in [2.75, 3.05) is 32.0 Å². The van der Waals surface area contributed by atoms with Crippen LogP contribution in [0.25, 0.3) is 0 Å². The number of ether oxygens (including phenoxy) is 3. The van der Waals surface area contributed by atoms with Crippen LogP contribution in [0, 0.1) is 6.92 Å². The summed E-state index contributed by atoms with van der Waals surface area (Å²) < 4.78 is 15.8. The molecule has 0 bridgehead atoms. The summed E-state index contributed by atoms with van der Waals surface area (Å²) in [5, 5.41) is 5.48. The fourth-order valence-corrected chi connectivity index (χ4v) is 2.55. The van der Waals surface area contributed by atoms with E-state index in [9.17, 15) is 9.59 Å². The molecule has 0 aromatic heterocycles. The highest BCUT2D eigenvalue weighted by Crippen LogP contribution is 2.40. The Hall–Kier alpha value is -3.22. The molecule has 0 unspecified atom stereocenters. The molecule has 0 aliphatic carbocycles. The zero-order valence-electron chi connectivity index (χ0n) is 15.4. The summed E-state index contributed by atoms with van der Waals surface area (Å²) in [6.07, 6.45) is 0. The van der Waals surface area contributed by atoms with Crippen LogP contribution in [0.5, 0.6) is 17.2 Å². The van der Waals surface area contributed by atoms with Gasteiger partial charge in [-0.15, -0.1) is 0 Å². The van der Waals surface area contributed by atoms with Gasteiger partial charge in [0.15, 0.2) is 11.5 Å². The van der Waals surface area contributed by atoms with Gasteiger partial charge >= 0.3 is 0 Å². The first-order valence-corrected chi connectivity index (χ1v) is 7.88. The van der Waals surface area contributed by atoms with E-state index < -0.39 is 0 Å². The second-order valence-electron chi connectivity index (χ2n) is 5.64. The largest absolute Gasteiger partial charge is 0.493 e. The third kappa shape index (κ3) is 4.44. The molecule has 7 heteroatoms. The Labute approximate surface area is 152 Å². The number of benzene rings is 2. The minimum Gasteiger partial charge on any atom is -0.493 e. The van der Waals surface area contributed by atoms with E-state index >= 15 is 0 Å². The fourth-order valence-electron chi connectivity index (χ4n) is 2.55. The molecule has 0 atom stereocenters. The monoisotopic (exact) mass is 358 g/mol. The molecular formula is C19H22N2O5. The quantitative estimate of drug-likeness (QED) is 0.828. The number of methoxy groups -OCH3 is 3. The van der Waals surface area contributed by atoms with E-state index in [-0.39, 0.29) is 11.8 Å². The zero-order valence-corrected chi connectivity index (χ0v) is 15.4. The van der Waals surface area contributed by atoms with E-state index in [4.69, 9.17) is 14.2 Å². The summed E-state index contributed by atoms with van der Waals surface area (Å²) in [7, 11) is 4.52. The van der Waals surface area contributed by atoms with E-state index in [2.05, 4.69) is 10.6 Å². The minimum absolute atomic E-state index is 0.202. The molecule has 2 rings (SSSR count). The van der Waals surface area contributed by atoms with Crippen LogP contribution in [-0.2, 0) is 4.79 Å². The van der Waals surface area contributed by atoms with Gasteiger partial charge in [0.25, 0.3) is 5.91 Å². The lowest BCUT2D eigenvalue weighted by molar-refractivity contribution is -0.114. The molecule has 2 N–H and O–H groups in total. The second kappa shape index (κ2) is 8.24. The Morgan fingerprint density at radius 2 is 1.38 bits per heavy atom. The van der Waals surface area contributed by atoms with Gasteiger partial charge in [0, 0.05) is 36.0 Å². The molecule has 26 heavy (non-hydrogen) atoms. The average molecular weight is 358 g/mol. The van der Waals surface area contributed by atoms with Gasteiger partial charge in [-0.2, -0.15) is 0 Å². The summed E-state index contributed by atoms with van der Waals surface area (Å²) in [5.74, 6) is 0.785. The van der Waals surface area contributed by atoms with Crippen molar-refractivity contribution in [3.8, 4) is 17.2 Å². The number of nitrogens with one attached hydrogen (secondary N) is 2. The van der Waals surface area contributed by atoms with Crippen molar-refractivity contribution in [2.45, 2.75) is 13.8 Å². The molecule has 0 aliphatic rings. The molecular weight excluding hydrogens is 336 g/mol. The standard InChI is InChI=1S/C19H22N2O5/c1-11-6-13(8-14(7-11)20-12(2)22)19(23)21-15-9-16(24-3)18(26-5)17(10-15)25-4/h6-10H,1-5H3,(H,20,22)(H,21,23). The van der Waals surface area contributed by atoms with Crippen molar-refractivity contribution in [2.24, 2.45) is 0 Å². The lowest BCUT2D eigenvalue weighted by Crippen LogP contribution is -2.14. The van der Waals surface area contributed by atoms with Crippen LogP contribution in [-0.4, -0.2) is 33.1 Å². The van der Waals surface area contributed by atoms with E-state index in [1.54, 1.807) is 30.3 Å². The number of carbonyl (C=O) groups is 2. The summed E-state index contributed by atoms with van der Waals surface area (Å²) in [4.78, 5) is 23.9. The Bertz CT molecular complexity index is 808. The number of rotatable bonds is 6. The average Bonchev–Trinajstić information content (AvgIpc) is 2.59. The highest BCUT2D eigenvalue weighted by atomic mass is 16.5. The van der Waals surface area contributed by atoms with E-state index in [1.807, 2.05) is 6.92 Å². The molecule has 2 aromatic carbocycles. The Balaban J connectivity index is 2.32. The van der Waals surface area contributed by atoms with Crippen molar-refractivity contribution < 1.29 is 23.8 Å². The van der Waals surface area contributed by atoms with E-state index in [0.29, 0.717) is 34.2 Å². The first-order chi connectivity index (χ1) is 12.4. The number of hydrogen-bond donors (Lipinski definition) is 2. The van der Waals surface area contributed by atoms with Gasteiger partial charge in [0.1, 0.15) is 0 Å². The molecule has 0 radical (unpaired) electrons. The Morgan fingerprint density at radius 3 is 1.88 bits per heavy atom. The van der Waals surface area contributed by atoms with E-state index in [1.165, 1.54) is 28.3 Å². The Morgan fingerprint density at radius 1 is 0.808 bits per heavy atom. The maximum absolute atomic E-state index is 12.6. The van der Waals surface area contributed by atoms with Crippen LogP contribution in [0.1, 0.15) is 22.8 Å². The fraction of sp³-hybridized carbons (Fsp3) is 0.263. The second-order valence-corrected chi connectivity index (χ2v) is 5.64. The molecule has 0 fully saturated rings. The normalized spacial score (nSPS) is 10.0. The van der Waals surface area contributed by atoms with Crippen LogP contribution in [0.3, 0.4) is 0 Å². The molecule has 0 saturated carbocycles. The van der Waals surface area contributed by atoms with Crippen molar-refractivity contribution in [1.82, 2.24) is 0 Å². The van der Waals surface area contributed by atoms with Gasteiger partial charge < -0.3 is 24.8 Å². The molecule has 0 saturated heterocycles. The van der Waals surface area contributed by atoms with Crippen LogP contribution < -0.4 is 24.8 Å². The molecule has 7 nitrogen and oxygen atoms in total. The van der Waals surface area contributed by atoms with Crippen LogP contribution in [0.4, 0.5) is 11.4 Å². The maximum atomic E-state index is 12.6. The third-order valence-corrected chi connectivity index (χ3v) is 3.58. The summed E-state index contributed by atoms with van der Waals surface area (Å²) in [5.41, 5.74) is 2.33. The molecule has 2 amide bonds.